The number of amides is 1. The van der Waals surface area contributed by atoms with Crippen molar-refractivity contribution in [1.29, 1.82) is 0 Å². The number of carbonyl (C=O) groups excluding carboxylic acids is 3. The number of aromatic hydroxyl groups is 1. The molecule has 2 aromatic rings. The molecule has 0 bridgehead atoms. The van der Waals surface area contributed by atoms with Crippen molar-refractivity contribution in [1.82, 2.24) is 19.7 Å². The number of fused-ring (bicyclic) bond motifs is 1. The smallest absolute Gasteiger partial charge is 0.343 e. The number of methoxy groups -OCH3 is 1. The van der Waals surface area contributed by atoms with Gasteiger partial charge < -0.3 is 39.6 Å². The molecule has 1 aromatic carbocycles. The first-order valence-electron chi connectivity index (χ1n) is 15.4. The van der Waals surface area contributed by atoms with Crippen LogP contribution in [0.1, 0.15) is 72.0 Å². The molecular formula is C31H41N5O10. The summed E-state index contributed by atoms with van der Waals surface area (Å²) < 4.78 is 29.1. The predicted octanol–water partition coefficient (Wildman–Crippen LogP) is 1.49. The SMILES string of the molecule is COc1c(C)c2c(c(O)c1C/C=C(\C)C(CC(=O)Oc1ncn(C3CCC(CO)O3)n1)C(N)=O)C(=O)OC2CCN1CCOCC1. The number of nitrogens with two attached hydrogens (primary N) is 1. The lowest BCUT2D eigenvalue weighted by Gasteiger charge is -2.27. The van der Waals surface area contributed by atoms with Crippen molar-refractivity contribution in [2.75, 3.05) is 46.6 Å². The van der Waals surface area contributed by atoms with Crippen LogP contribution >= 0.6 is 0 Å². The summed E-state index contributed by atoms with van der Waals surface area (Å²) in [5.41, 5.74) is 7.88. The number of nitrogens with zero attached hydrogens (tertiary/aromatic N) is 4. The van der Waals surface area contributed by atoms with Crippen LogP contribution < -0.4 is 15.2 Å². The fourth-order valence-electron chi connectivity index (χ4n) is 6.23. The highest BCUT2D eigenvalue weighted by Gasteiger charge is 2.39. The van der Waals surface area contributed by atoms with E-state index < -0.39 is 36.1 Å². The molecule has 4 heterocycles. The number of benzene rings is 1. The van der Waals surface area contributed by atoms with Crippen LogP contribution in [0, 0.1) is 12.8 Å². The number of ether oxygens (including phenoxy) is 5. The van der Waals surface area contributed by atoms with Gasteiger partial charge in [0.1, 0.15) is 29.5 Å². The second-order valence-corrected chi connectivity index (χ2v) is 11.7. The van der Waals surface area contributed by atoms with Gasteiger partial charge in [0.05, 0.1) is 45.4 Å². The second kappa shape index (κ2) is 14.6. The summed E-state index contributed by atoms with van der Waals surface area (Å²) in [7, 11) is 1.48. The van der Waals surface area contributed by atoms with Gasteiger partial charge in [-0.15, -0.1) is 5.10 Å². The molecule has 1 aromatic heterocycles. The molecule has 4 unspecified atom stereocenters. The summed E-state index contributed by atoms with van der Waals surface area (Å²) in [6, 6.07) is -0.204. The zero-order valence-corrected chi connectivity index (χ0v) is 26.3. The number of aliphatic hydroxyl groups is 1. The van der Waals surface area contributed by atoms with Crippen LogP contribution in [-0.4, -0.2) is 100 Å². The third kappa shape index (κ3) is 7.17. The summed E-state index contributed by atoms with van der Waals surface area (Å²) in [5.74, 6) is -2.97. The Hall–Kier alpha value is -4.05. The highest BCUT2D eigenvalue weighted by atomic mass is 16.6. The molecule has 15 nitrogen and oxygen atoms in total. The molecule has 4 atom stereocenters. The molecule has 0 radical (unpaired) electrons. The van der Waals surface area contributed by atoms with Crippen molar-refractivity contribution in [3.05, 3.63) is 40.2 Å². The number of cyclic esters (lactones) is 1. The number of esters is 2. The van der Waals surface area contributed by atoms with Crippen molar-refractivity contribution in [2.24, 2.45) is 11.7 Å². The normalized spacial score (nSPS) is 22.4. The number of carbonyl (C=O) groups is 3. The van der Waals surface area contributed by atoms with E-state index in [-0.39, 0.29) is 42.9 Å². The fourth-order valence-corrected chi connectivity index (χ4v) is 6.23. The number of allylic oxidation sites excluding steroid dienone is 1. The van der Waals surface area contributed by atoms with Gasteiger partial charge in [0, 0.05) is 37.2 Å². The van der Waals surface area contributed by atoms with Crippen LogP contribution in [0.5, 0.6) is 17.5 Å². The van der Waals surface area contributed by atoms with Crippen LogP contribution in [0.15, 0.2) is 18.0 Å². The molecule has 15 heteroatoms. The Kier molecular flexibility index (Phi) is 10.6. The molecule has 46 heavy (non-hydrogen) atoms. The van der Waals surface area contributed by atoms with Gasteiger partial charge in [-0.25, -0.2) is 9.48 Å². The van der Waals surface area contributed by atoms with E-state index in [1.807, 2.05) is 6.92 Å². The van der Waals surface area contributed by atoms with E-state index in [2.05, 4.69) is 15.0 Å². The van der Waals surface area contributed by atoms with Gasteiger partial charge in [0.25, 0.3) is 0 Å². The minimum Gasteiger partial charge on any atom is -0.507 e. The Morgan fingerprint density at radius 3 is 2.70 bits per heavy atom. The molecule has 0 saturated carbocycles. The van der Waals surface area contributed by atoms with E-state index in [1.165, 1.54) is 18.1 Å². The molecule has 1 amide bonds. The average molecular weight is 644 g/mol. The van der Waals surface area contributed by atoms with Crippen molar-refractivity contribution in [3.63, 3.8) is 0 Å². The number of primary amides is 1. The van der Waals surface area contributed by atoms with Gasteiger partial charge >= 0.3 is 17.9 Å². The van der Waals surface area contributed by atoms with E-state index >= 15 is 0 Å². The van der Waals surface area contributed by atoms with Crippen molar-refractivity contribution >= 4 is 17.8 Å². The summed E-state index contributed by atoms with van der Waals surface area (Å²) >= 11 is 0. The van der Waals surface area contributed by atoms with Gasteiger partial charge in [0.15, 0.2) is 6.23 Å². The van der Waals surface area contributed by atoms with Crippen LogP contribution in [0.25, 0.3) is 0 Å². The number of hydrogen-bond donors (Lipinski definition) is 3. The quantitative estimate of drug-likeness (QED) is 0.210. The molecule has 2 saturated heterocycles. The molecule has 2 fully saturated rings. The van der Waals surface area contributed by atoms with E-state index in [1.54, 1.807) is 13.0 Å². The monoisotopic (exact) mass is 643 g/mol. The van der Waals surface area contributed by atoms with Gasteiger partial charge in [0.2, 0.25) is 5.91 Å². The van der Waals surface area contributed by atoms with Crippen LogP contribution in [0.3, 0.4) is 0 Å². The number of rotatable bonds is 13. The van der Waals surface area contributed by atoms with Gasteiger partial charge in [-0.05, 0) is 38.7 Å². The van der Waals surface area contributed by atoms with Crippen LogP contribution in [-0.2, 0) is 30.2 Å². The first-order valence-corrected chi connectivity index (χ1v) is 15.4. The number of morpholine rings is 1. The highest BCUT2D eigenvalue weighted by Crippen LogP contribution is 2.47. The minimum absolute atomic E-state index is 0.0850. The first kappa shape index (κ1) is 33.3. The van der Waals surface area contributed by atoms with Crippen molar-refractivity contribution in [2.45, 2.75) is 64.4 Å². The Morgan fingerprint density at radius 1 is 1.26 bits per heavy atom. The summed E-state index contributed by atoms with van der Waals surface area (Å²) in [6.45, 7) is 7.01. The fraction of sp³-hybridized carbons (Fsp3) is 0.581. The molecule has 3 aliphatic heterocycles. The maximum atomic E-state index is 13.0. The van der Waals surface area contributed by atoms with Gasteiger partial charge in [-0.1, -0.05) is 11.6 Å². The Morgan fingerprint density at radius 2 is 2.02 bits per heavy atom. The molecule has 250 valence electrons. The second-order valence-electron chi connectivity index (χ2n) is 11.7. The van der Waals surface area contributed by atoms with Gasteiger partial charge in [-0.2, -0.15) is 4.98 Å². The van der Waals surface area contributed by atoms with E-state index in [9.17, 15) is 24.6 Å². The van der Waals surface area contributed by atoms with Gasteiger partial charge in [-0.3, -0.25) is 14.5 Å². The molecule has 0 aliphatic carbocycles. The van der Waals surface area contributed by atoms with Crippen molar-refractivity contribution in [3.8, 4) is 17.5 Å². The first-order chi connectivity index (χ1) is 22.1. The largest absolute Gasteiger partial charge is 0.507 e. The third-order valence-corrected chi connectivity index (χ3v) is 8.77. The summed E-state index contributed by atoms with van der Waals surface area (Å²) in [6.07, 6.45) is 3.34. The third-order valence-electron chi connectivity index (χ3n) is 8.77. The molecule has 0 spiro atoms. The standard InChI is InChI=1S/C31H41N5O10/c1-17(21(29(32)40)14-24(38)46-31-33-16-36(34-31)23-7-5-19(15-37)44-23)4-6-20-27(39)26-25(18(2)28(20)42-3)22(45-30(26)41)8-9-35-10-12-43-13-11-35/h4,16,19,21-23,37,39H,5-15H2,1-3H3,(H2,32,40)/b17-4+. The number of aromatic nitrogens is 3. The summed E-state index contributed by atoms with van der Waals surface area (Å²) in [4.78, 5) is 44.3. The maximum Gasteiger partial charge on any atom is 0.343 e. The highest BCUT2D eigenvalue weighted by molar-refractivity contribution is 5.98. The minimum atomic E-state index is -1.02. The van der Waals surface area contributed by atoms with E-state index in [4.69, 9.17) is 29.4 Å². The van der Waals surface area contributed by atoms with Crippen LogP contribution in [0.4, 0.5) is 0 Å². The predicted molar refractivity (Wildman–Crippen MR) is 160 cm³/mol. The number of hydrogen-bond acceptors (Lipinski definition) is 13. The lowest BCUT2D eigenvalue weighted by molar-refractivity contribution is -0.138. The van der Waals surface area contributed by atoms with E-state index in [0.717, 1.165) is 13.1 Å². The number of phenols is 1. The Labute approximate surface area is 266 Å². The number of phenolic OH excluding ortho intramolecular Hbond substituents is 1. The Balaban J connectivity index is 1.27. The molecular weight excluding hydrogens is 602 g/mol. The topological polar surface area (TPSA) is 198 Å². The van der Waals surface area contributed by atoms with Crippen LogP contribution in [0.2, 0.25) is 0 Å². The van der Waals surface area contributed by atoms with Crippen molar-refractivity contribution < 1.29 is 48.3 Å². The lowest BCUT2D eigenvalue weighted by Crippen LogP contribution is -2.37. The number of aliphatic hydroxyl groups excluding tert-OH is 1. The molecule has 3 aliphatic rings. The zero-order chi connectivity index (χ0) is 33.0. The Bertz CT molecular complexity index is 1480. The van der Waals surface area contributed by atoms with E-state index in [0.29, 0.717) is 67.0 Å². The molecule has 4 N–H and O–H groups in total. The molecule has 5 rings (SSSR count). The lowest BCUT2D eigenvalue weighted by atomic mass is 9.90. The average Bonchev–Trinajstić information content (AvgIpc) is 3.79. The summed E-state index contributed by atoms with van der Waals surface area (Å²) in [5, 5.41) is 24.7. The maximum absolute atomic E-state index is 13.0. The zero-order valence-electron chi connectivity index (χ0n) is 26.3.